The molecule has 0 aromatic heterocycles. The molecule has 0 fully saturated rings. The number of carboxylic acid groups (broad SMARTS) is 1. The lowest BCUT2D eigenvalue weighted by atomic mass is 10.0. The van der Waals surface area contributed by atoms with Crippen molar-refractivity contribution in [1.29, 1.82) is 0 Å². The maximum Gasteiger partial charge on any atom is 0.405 e. The van der Waals surface area contributed by atoms with E-state index in [1.807, 2.05) is 13.8 Å². The zero-order valence-corrected chi connectivity index (χ0v) is 8.03. The van der Waals surface area contributed by atoms with Crippen molar-refractivity contribution in [1.82, 2.24) is 5.32 Å². The SMILES string of the molecule is COC(=O)[C@H](CC(C)C)NC(=O)O. The Kier molecular flexibility index (Phi) is 4.87. The largest absolute Gasteiger partial charge is 0.467 e. The molecular formula is C8H15NO4. The van der Waals surface area contributed by atoms with Gasteiger partial charge in [0.05, 0.1) is 7.11 Å². The molecule has 0 aliphatic carbocycles. The van der Waals surface area contributed by atoms with Crippen molar-refractivity contribution < 1.29 is 19.4 Å². The molecule has 0 bridgehead atoms. The van der Waals surface area contributed by atoms with Crippen LogP contribution >= 0.6 is 0 Å². The van der Waals surface area contributed by atoms with E-state index in [4.69, 9.17) is 5.11 Å². The number of hydrogen-bond donors (Lipinski definition) is 2. The monoisotopic (exact) mass is 189 g/mol. The van der Waals surface area contributed by atoms with Gasteiger partial charge in [-0.2, -0.15) is 0 Å². The third-order valence-electron chi connectivity index (χ3n) is 1.49. The van der Waals surface area contributed by atoms with Crippen LogP contribution in [-0.4, -0.2) is 30.3 Å². The standard InChI is InChI=1S/C8H15NO4/c1-5(2)4-6(7(10)13-3)9-8(11)12/h5-6,9H,4H2,1-3H3,(H,11,12)/t6-/m0/s1. The van der Waals surface area contributed by atoms with Crippen LogP contribution in [0.2, 0.25) is 0 Å². The molecule has 0 aliphatic heterocycles. The Labute approximate surface area is 77.1 Å². The minimum Gasteiger partial charge on any atom is -0.467 e. The number of rotatable bonds is 4. The summed E-state index contributed by atoms with van der Waals surface area (Å²) < 4.78 is 4.45. The summed E-state index contributed by atoms with van der Waals surface area (Å²) >= 11 is 0. The van der Waals surface area contributed by atoms with E-state index in [9.17, 15) is 9.59 Å². The van der Waals surface area contributed by atoms with E-state index in [2.05, 4.69) is 10.1 Å². The van der Waals surface area contributed by atoms with Crippen LogP contribution in [0.4, 0.5) is 4.79 Å². The first-order valence-corrected chi connectivity index (χ1v) is 4.04. The lowest BCUT2D eigenvalue weighted by molar-refractivity contribution is -0.143. The Morgan fingerprint density at radius 2 is 2.00 bits per heavy atom. The molecule has 0 radical (unpaired) electrons. The van der Waals surface area contributed by atoms with Crippen LogP contribution in [0, 0.1) is 5.92 Å². The summed E-state index contributed by atoms with van der Waals surface area (Å²) in [5.74, 6) is -0.313. The molecular weight excluding hydrogens is 174 g/mol. The lowest BCUT2D eigenvalue weighted by Crippen LogP contribution is -2.41. The van der Waals surface area contributed by atoms with E-state index in [0.717, 1.165) is 0 Å². The minimum absolute atomic E-state index is 0.232. The fourth-order valence-corrected chi connectivity index (χ4v) is 0.977. The molecule has 0 unspecified atom stereocenters. The van der Waals surface area contributed by atoms with E-state index in [0.29, 0.717) is 6.42 Å². The van der Waals surface area contributed by atoms with Gasteiger partial charge in [0, 0.05) is 0 Å². The Bertz CT molecular complexity index is 191. The van der Waals surface area contributed by atoms with Crippen LogP contribution in [0.5, 0.6) is 0 Å². The van der Waals surface area contributed by atoms with E-state index in [1.54, 1.807) is 0 Å². The van der Waals surface area contributed by atoms with Crippen LogP contribution in [0.25, 0.3) is 0 Å². The molecule has 5 heteroatoms. The first kappa shape index (κ1) is 11.7. The van der Waals surface area contributed by atoms with Crippen molar-refractivity contribution in [3.63, 3.8) is 0 Å². The van der Waals surface area contributed by atoms with Crippen LogP contribution in [-0.2, 0) is 9.53 Å². The van der Waals surface area contributed by atoms with Crippen molar-refractivity contribution in [2.24, 2.45) is 5.92 Å². The Hall–Kier alpha value is -1.26. The first-order chi connectivity index (χ1) is 5.97. The highest BCUT2D eigenvalue weighted by atomic mass is 16.5. The molecule has 0 heterocycles. The molecule has 13 heavy (non-hydrogen) atoms. The normalized spacial score (nSPS) is 12.3. The minimum atomic E-state index is -1.21. The quantitative estimate of drug-likeness (QED) is 0.642. The zero-order chi connectivity index (χ0) is 10.4. The van der Waals surface area contributed by atoms with Gasteiger partial charge >= 0.3 is 12.1 Å². The highest BCUT2D eigenvalue weighted by molar-refractivity contribution is 5.80. The first-order valence-electron chi connectivity index (χ1n) is 4.04. The highest BCUT2D eigenvalue weighted by Crippen LogP contribution is 2.05. The summed E-state index contributed by atoms with van der Waals surface area (Å²) in [5, 5.41) is 10.5. The molecule has 76 valence electrons. The molecule has 5 nitrogen and oxygen atoms in total. The average Bonchev–Trinajstić information content (AvgIpc) is 2.00. The summed E-state index contributed by atoms with van der Waals surface area (Å²) in [6.45, 7) is 3.80. The molecule has 0 spiro atoms. The molecule has 0 saturated heterocycles. The van der Waals surface area contributed by atoms with Crippen LogP contribution < -0.4 is 5.32 Å². The molecule has 0 saturated carbocycles. The Balaban J connectivity index is 4.18. The second kappa shape index (κ2) is 5.40. The van der Waals surface area contributed by atoms with E-state index < -0.39 is 18.1 Å². The van der Waals surface area contributed by atoms with Crippen LogP contribution in [0.3, 0.4) is 0 Å². The summed E-state index contributed by atoms with van der Waals surface area (Å²) in [6, 6.07) is -0.762. The summed E-state index contributed by atoms with van der Waals surface area (Å²) in [6.07, 6.45) is -0.769. The second-order valence-electron chi connectivity index (χ2n) is 3.15. The van der Waals surface area contributed by atoms with Crippen molar-refractivity contribution >= 4 is 12.1 Å². The van der Waals surface area contributed by atoms with E-state index in [1.165, 1.54) is 7.11 Å². The number of carbonyl (C=O) groups excluding carboxylic acids is 1. The average molecular weight is 189 g/mol. The zero-order valence-electron chi connectivity index (χ0n) is 8.03. The Morgan fingerprint density at radius 1 is 1.46 bits per heavy atom. The number of hydrogen-bond acceptors (Lipinski definition) is 3. The smallest absolute Gasteiger partial charge is 0.405 e. The van der Waals surface area contributed by atoms with Gasteiger partial charge in [-0.3, -0.25) is 0 Å². The fourth-order valence-electron chi connectivity index (χ4n) is 0.977. The Morgan fingerprint density at radius 3 is 2.31 bits per heavy atom. The third-order valence-corrected chi connectivity index (χ3v) is 1.49. The number of nitrogens with one attached hydrogen (secondary N) is 1. The predicted octanol–water partition coefficient (Wildman–Crippen LogP) is 0.842. The van der Waals surface area contributed by atoms with Gasteiger partial charge in [0.2, 0.25) is 0 Å². The summed E-state index contributed by atoms with van der Waals surface area (Å²) in [5.41, 5.74) is 0. The van der Waals surface area contributed by atoms with Gasteiger partial charge in [-0.15, -0.1) is 0 Å². The van der Waals surface area contributed by atoms with Crippen LogP contribution in [0.1, 0.15) is 20.3 Å². The van der Waals surface area contributed by atoms with Gasteiger partial charge in [0.15, 0.2) is 0 Å². The number of methoxy groups -OCH3 is 1. The molecule has 1 atom stereocenters. The lowest BCUT2D eigenvalue weighted by Gasteiger charge is -2.15. The third kappa shape index (κ3) is 5.05. The number of esters is 1. The van der Waals surface area contributed by atoms with E-state index in [-0.39, 0.29) is 5.92 Å². The van der Waals surface area contributed by atoms with Gasteiger partial charge in [0.25, 0.3) is 0 Å². The fraction of sp³-hybridized carbons (Fsp3) is 0.750. The van der Waals surface area contributed by atoms with Crippen molar-refractivity contribution in [2.75, 3.05) is 7.11 Å². The predicted molar refractivity (Wildman–Crippen MR) is 46.4 cm³/mol. The van der Waals surface area contributed by atoms with Gasteiger partial charge < -0.3 is 15.2 Å². The van der Waals surface area contributed by atoms with Gasteiger partial charge in [0.1, 0.15) is 6.04 Å². The van der Waals surface area contributed by atoms with Crippen molar-refractivity contribution in [3.05, 3.63) is 0 Å². The van der Waals surface area contributed by atoms with Gasteiger partial charge in [-0.25, -0.2) is 9.59 Å². The topological polar surface area (TPSA) is 75.6 Å². The molecule has 0 aliphatic rings. The maximum absolute atomic E-state index is 11.0. The maximum atomic E-state index is 11.0. The van der Waals surface area contributed by atoms with Crippen molar-refractivity contribution in [3.8, 4) is 0 Å². The van der Waals surface area contributed by atoms with Gasteiger partial charge in [-0.05, 0) is 12.3 Å². The van der Waals surface area contributed by atoms with E-state index >= 15 is 0 Å². The van der Waals surface area contributed by atoms with Gasteiger partial charge in [-0.1, -0.05) is 13.8 Å². The molecule has 0 rings (SSSR count). The molecule has 1 amide bonds. The number of ether oxygens (including phenoxy) is 1. The van der Waals surface area contributed by atoms with Crippen LogP contribution in [0.15, 0.2) is 0 Å². The molecule has 2 N–H and O–H groups in total. The summed E-state index contributed by atoms with van der Waals surface area (Å²) in [7, 11) is 1.24. The highest BCUT2D eigenvalue weighted by Gasteiger charge is 2.21. The molecule has 0 aromatic rings. The second-order valence-corrected chi connectivity index (χ2v) is 3.15. The summed E-state index contributed by atoms with van der Waals surface area (Å²) in [4.78, 5) is 21.3. The number of carbonyl (C=O) groups is 2. The number of amides is 1. The van der Waals surface area contributed by atoms with Crippen molar-refractivity contribution in [2.45, 2.75) is 26.3 Å². The molecule has 0 aromatic carbocycles.